The van der Waals surface area contributed by atoms with Crippen LogP contribution in [0.3, 0.4) is 0 Å². The molecule has 0 unspecified atom stereocenters. The lowest BCUT2D eigenvalue weighted by Crippen LogP contribution is -2.40. The fourth-order valence-electron chi connectivity index (χ4n) is 4.75. The third-order valence-electron chi connectivity index (χ3n) is 6.91. The Morgan fingerprint density at radius 1 is 1.08 bits per heavy atom. The van der Waals surface area contributed by atoms with Crippen LogP contribution in [0.2, 0.25) is 0 Å². The Labute approximate surface area is 224 Å². The highest BCUT2D eigenvalue weighted by molar-refractivity contribution is 5.79. The number of nitrogens with one attached hydrogen (secondary N) is 1. The zero-order valence-corrected chi connectivity index (χ0v) is 21.4. The second-order valence-electron chi connectivity index (χ2n) is 9.60. The molecular formula is C29H29F3N4O3. The average molecular weight is 539 g/mol. The first kappa shape index (κ1) is 26.6. The molecule has 3 heterocycles. The topological polar surface area (TPSA) is 72.5 Å². The van der Waals surface area contributed by atoms with Gasteiger partial charge in [-0.25, -0.2) is 0 Å². The molecule has 2 aromatic carbocycles. The van der Waals surface area contributed by atoms with Crippen LogP contribution in [0.4, 0.5) is 13.2 Å². The van der Waals surface area contributed by atoms with Gasteiger partial charge in [0.15, 0.2) is 5.76 Å². The number of ether oxygens (including phenoxy) is 1. The summed E-state index contributed by atoms with van der Waals surface area (Å²) in [7, 11) is 1.61. The molecule has 1 amide bonds. The van der Waals surface area contributed by atoms with Crippen LogP contribution in [0.1, 0.15) is 29.7 Å². The summed E-state index contributed by atoms with van der Waals surface area (Å²) in [4.78, 5) is 15.3. The molecule has 10 heteroatoms. The van der Waals surface area contributed by atoms with Crippen molar-refractivity contribution in [3.05, 3.63) is 89.9 Å². The number of alkyl halides is 3. The SMILES string of the molecule is COc1ccc(-c2cc(CN(Cc3ccn(-c4ccc(C(F)(F)F)cc4)c3)C(=O)C3CCNCC3)on2)cc1. The summed E-state index contributed by atoms with van der Waals surface area (Å²) in [6.07, 6.45) is 0.741. The van der Waals surface area contributed by atoms with Gasteiger partial charge >= 0.3 is 6.18 Å². The number of halogens is 3. The van der Waals surface area contributed by atoms with Gasteiger partial charge in [-0.15, -0.1) is 0 Å². The van der Waals surface area contributed by atoms with Gasteiger partial charge in [0.2, 0.25) is 5.91 Å². The van der Waals surface area contributed by atoms with E-state index in [2.05, 4.69) is 10.5 Å². The Bertz CT molecular complexity index is 1390. The van der Waals surface area contributed by atoms with Crippen LogP contribution in [-0.2, 0) is 24.1 Å². The second kappa shape index (κ2) is 11.4. The van der Waals surface area contributed by atoms with E-state index >= 15 is 0 Å². The van der Waals surface area contributed by atoms with E-state index in [1.54, 1.807) is 22.8 Å². The summed E-state index contributed by atoms with van der Waals surface area (Å²) in [6, 6.07) is 16.2. The summed E-state index contributed by atoms with van der Waals surface area (Å²) in [5.41, 5.74) is 2.29. The molecule has 39 heavy (non-hydrogen) atoms. The van der Waals surface area contributed by atoms with Gasteiger partial charge in [0.05, 0.1) is 19.2 Å². The van der Waals surface area contributed by atoms with Crippen molar-refractivity contribution in [2.45, 2.75) is 32.1 Å². The minimum atomic E-state index is -4.39. The van der Waals surface area contributed by atoms with Crippen molar-refractivity contribution >= 4 is 5.91 Å². The van der Waals surface area contributed by atoms with Gasteiger partial charge < -0.3 is 24.0 Å². The first-order valence-electron chi connectivity index (χ1n) is 12.7. The Balaban J connectivity index is 1.34. The Kier molecular flexibility index (Phi) is 7.74. The van der Waals surface area contributed by atoms with Gasteiger partial charge in [-0.2, -0.15) is 13.2 Å². The van der Waals surface area contributed by atoms with Gasteiger partial charge in [0, 0.05) is 42.2 Å². The highest BCUT2D eigenvalue weighted by atomic mass is 19.4. The molecule has 1 aliphatic rings. The zero-order chi connectivity index (χ0) is 27.4. The van der Waals surface area contributed by atoms with E-state index in [4.69, 9.17) is 9.26 Å². The molecule has 0 atom stereocenters. The molecule has 7 nitrogen and oxygen atoms in total. The molecule has 0 saturated carbocycles. The molecule has 4 aromatic rings. The second-order valence-corrected chi connectivity index (χ2v) is 9.60. The van der Waals surface area contributed by atoms with E-state index in [-0.39, 0.29) is 18.4 Å². The van der Waals surface area contributed by atoms with E-state index in [1.807, 2.05) is 42.6 Å². The minimum absolute atomic E-state index is 0.0428. The number of methoxy groups -OCH3 is 1. The lowest BCUT2D eigenvalue weighted by atomic mass is 9.96. The van der Waals surface area contributed by atoms with Gasteiger partial charge in [0.1, 0.15) is 11.4 Å². The standard InChI is InChI=1S/C29H29F3N4O3/c1-38-25-8-2-21(3-9-25)27-16-26(39-34-27)19-36(28(37)22-10-13-33-14-11-22)18-20-12-15-35(17-20)24-6-4-23(5-7-24)29(30,31)32/h2-9,12,15-17,22,33H,10-11,13-14,18-19H2,1H3. The van der Waals surface area contributed by atoms with E-state index in [9.17, 15) is 18.0 Å². The van der Waals surface area contributed by atoms with E-state index in [0.29, 0.717) is 23.7 Å². The fourth-order valence-corrected chi connectivity index (χ4v) is 4.75. The molecule has 5 rings (SSSR count). The average Bonchev–Trinajstić information content (AvgIpc) is 3.62. The number of benzene rings is 2. The number of hydrogen-bond acceptors (Lipinski definition) is 5. The number of rotatable bonds is 8. The molecule has 2 aromatic heterocycles. The van der Waals surface area contributed by atoms with Crippen LogP contribution < -0.4 is 10.1 Å². The third kappa shape index (κ3) is 6.34. The van der Waals surface area contributed by atoms with E-state index < -0.39 is 11.7 Å². The van der Waals surface area contributed by atoms with Gasteiger partial charge in [-0.05, 0) is 86.1 Å². The zero-order valence-electron chi connectivity index (χ0n) is 21.4. The lowest BCUT2D eigenvalue weighted by molar-refractivity contribution is -0.138. The number of piperidine rings is 1. The number of aromatic nitrogens is 2. The van der Waals surface area contributed by atoms with E-state index in [1.165, 1.54) is 12.1 Å². The van der Waals surface area contributed by atoms with Crippen LogP contribution in [0.5, 0.6) is 5.75 Å². The normalized spacial score (nSPS) is 14.4. The predicted molar refractivity (Wildman–Crippen MR) is 139 cm³/mol. The van der Waals surface area contributed by atoms with Crippen molar-refractivity contribution < 1.29 is 27.2 Å². The highest BCUT2D eigenvalue weighted by Crippen LogP contribution is 2.30. The van der Waals surface area contributed by atoms with Crippen molar-refractivity contribution in [1.82, 2.24) is 19.9 Å². The quantitative estimate of drug-likeness (QED) is 0.312. The first-order chi connectivity index (χ1) is 18.8. The summed E-state index contributed by atoms with van der Waals surface area (Å²) >= 11 is 0. The summed E-state index contributed by atoms with van der Waals surface area (Å²) in [5.74, 6) is 1.25. The van der Waals surface area contributed by atoms with Crippen molar-refractivity contribution in [2.75, 3.05) is 20.2 Å². The molecular weight excluding hydrogens is 509 g/mol. The summed E-state index contributed by atoms with van der Waals surface area (Å²) in [6.45, 7) is 2.16. The van der Waals surface area contributed by atoms with Crippen molar-refractivity contribution in [1.29, 1.82) is 0 Å². The maximum Gasteiger partial charge on any atom is 0.416 e. The smallest absolute Gasteiger partial charge is 0.416 e. The molecule has 0 bridgehead atoms. The third-order valence-corrected chi connectivity index (χ3v) is 6.91. The van der Waals surface area contributed by atoms with Crippen LogP contribution >= 0.6 is 0 Å². The molecule has 0 spiro atoms. The van der Waals surface area contributed by atoms with Crippen LogP contribution in [0.25, 0.3) is 16.9 Å². The maximum absolute atomic E-state index is 13.6. The number of amides is 1. The van der Waals surface area contributed by atoms with Crippen molar-refractivity contribution in [3.8, 4) is 22.7 Å². The monoisotopic (exact) mass is 538 g/mol. The van der Waals surface area contributed by atoms with E-state index in [0.717, 1.165) is 54.9 Å². The highest BCUT2D eigenvalue weighted by Gasteiger charge is 2.30. The Hall–Kier alpha value is -4.05. The Morgan fingerprint density at radius 2 is 1.79 bits per heavy atom. The van der Waals surface area contributed by atoms with Gasteiger partial charge in [-0.1, -0.05) is 5.16 Å². The fraction of sp³-hybridized carbons (Fsp3) is 0.310. The largest absolute Gasteiger partial charge is 0.497 e. The lowest BCUT2D eigenvalue weighted by Gasteiger charge is -2.29. The number of carbonyl (C=O) groups excluding carboxylic acids is 1. The maximum atomic E-state index is 13.6. The molecule has 1 fully saturated rings. The molecule has 1 N–H and O–H groups in total. The first-order valence-corrected chi connectivity index (χ1v) is 12.7. The van der Waals surface area contributed by atoms with Crippen molar-refractivity contribution in [3.63, 3.8) is 0 Å². The van der Waals surface area contributed by atoms with Gasteiger partial charge in [0.25, 0.3) is 0 Å². The Morgan fingerprint density at radius 3 is 2.46 bits per heavy atom. The molecule has 0 aliphatic carbocycles. The number of nitrogens with zero attached hydrogens (tertiary/aromatic N) is 3. The number of carbonyl (C=O) groups is 1. The van der Waals surface area contributed by atoms with Crippen LogP contribution in [0, 0.1) is 5.92 Å². The molecule has 1 aliphatic heterocycles. The summed E-state index contributed by atoms with van der Waals surface area (Å²) < 4.78 is 51.4. The van der Waals surface area contributed by atoms with Crippen molar-refractivity contribution in [2.24, 2.45) is 5.92 Å². The van der Waals surface area contributed by atoms with Crippen LogP contribution in [-0.4, -0.2) is 40.7 Å². The van der Waals surface area contributed by atoms with Gasteiger partial charge in [-0.3, -0.25) is 4.79 Å². The summed E-state index contributed by atoms with van der Waals surface area (Å²) in [5, 5.41) is 7.48. The van der Waals surface area contributed by atoms with Crippen LogP contribution in [0.15, 0.2) is 77.6 Å². The predicted octanol–water partition coefficient (Wildman–Crippen LogP) is 5.69. The molecule has 0 radical (unpaired) electrons. The number of hydrogen-bond donors (Lipinski definition) is 1. The molecule has 204 valence electrons. The molecule has 1 saturated heterocycles. The minimum Gasteiger partial charge on any atom is -0.497 e.